The number of ether oxygens (including phenoxy) is 3. The summed E-state index contributed by atoms with van der Waals surface area (Å²) in [5.74, 6) is 1.67. The minimum atomic E-state index is 0.587. The van der Waals surface area contributed by atoms with Crippen LogP contribution in [0.4, 0.5) is 0 Å². The van der Waals surface area contributed by atoms with E-state index in [1.165, 1.54) is 0 Å². The van der Waals surface area contributed by atoms with Crippen molar-refractivity contribution < 1.29 is 14.2 Å². The van der Waals surface area contributed by atoms with Crippen molar-refractivity contribution in [3.05, 3.63) is 23.3 Å². The number of hydrogen-bond acceptors (Lipinski definition) is 3. The fourth-order valence-corrected chi connectivity index (χ4v) is 1.44. The van der Waals surface area contributed by atoms with Gasteiger partial charge in [0.2, 0.25) is 0 Å². The van der Waals surface area contributed by atoms with Gasteiger partial charge in [0.15, 0.2) is 0 Å². The van der Waals surface area contributed by atoms with E-state index in [1.807, 2.05) is 39.8 Å². The third kappa shape index (κ3) is 4.65. The standard InChI is InChI=1S/C12H18O3.C2H6/c1-5-15-8-10-6-11(13-3)9(2)12(7-10)14-4;1-2/h6-7H,5,8H2,1-4H3;1-2H3. The summed E-state index contributed by atoms with van der Waals surface area (Å²) in [6.07, 6.45) is 0. The highest BCUT2D eigenvalue weighted by molar-refractivity contribution is 5.47. The highest BCUT2D eigenvalue weighted by atomic mass is 16.5. The Morgan fingerprint density at radius 2 is 1.47 bits per heavy atom. The zero-order chi connectivity index (χ0) is 13.3. The summed E-state index contributed by atoms with van der Waals surface area (Å²) >= 11 is 0. The average molecular weight is 240 g/mol. The van der Waals surface area contributed by atoms with E-state index in [4.69, 9.17) is 14.2 Å². The van der Waals surface area contributed by atoms with Crippen molar-refractivity contribution in [1.82, 2.24) is 0 Å². The molecule has 3 heteroatoms. The number of methoxy groups -OCH3 is 2. The Morgan fingerprint density at radius 1 is 1.00 bits per heavy atom. The van der Waals surface area contributed by atoms with E-state index < -0.39 is 0 Å². The molecule has 0 fully saturated rings. The molecular formula is C14H24O3. The Morgan fingerprint density at radius 3 is 1.82 bits per heavy atom. The molecule has 98 valence electrons. The van der Waals surface area contributed by atoms with Gasteiger partial charge in [0.1, 0.15) is 11.5 Å². The molecule has 0 amide bonds. The lowest BCUT2D eigenvalue weighted by atomic mass is 10.1. The Labute approximate surface area is 105 Å². The van der Waals surface area contributed by atoms with E-state index in [2.05, 4.69) is 0 Å². The van der Waals surface area contributed by atoms with Crippen LogP contribution in [0.15, 0.2) is 12.1 Å². The summed E-state index contributed by atoms with van der Waals surface area (Å²) in [6.45, 7) is 9.24. The Hall–Kier alpha value is -1.22. The maximum absolute atomic E-state index is 5.35. The lowest BCUT2D eigenvalue weighted by Gasteiger charge is -2.12. The molecule has 3 nitrogen and oxygen atoms in total. The quantitative estimate of drug-likeness (QED) is 0.787. The summed E-state index contributed by atoms with van der Waals surface area (Å²) in [6, 6.07) is 3.96. The van der Waals surface area contributed by atoms with E-state index in [0.29, 0.717) is 13.2 Å². The van der Waals surface area contributed by atoms with Gasteiger partial charge in [0.25, 0.3) is 0 Å². The van der Waals surface area contributed by atoms with Crippen molar-refractivity contribution in [3.8, 4) is 11.5 Å². The van der Waals surface area contributed by atoms with Gasteiger partial charge >= 0.3 is 0 Å². The second kappa shape index (κ2) is 8.88. The second-order valence-corrected chi connectivity index (χ2v) is 3.26. The molecule has 17 heavy (non-hydrogen) atoms. The van der Waals surface area contributed by atoms with Crippen LogP contribution in [0.2, 0.25) is 0 Å². The predicted molar refractivity (Wildman–Crippen MR) is 71.0 cm³/mol. The fraction of sp³-hybridized carbons (Fsp3) is 0.571. The topological polar surface area (TPSA) is 27.7 Å². The van der Waals surface area contributed by atoms with Crippen molar-refractivity contribution >= 4 is 0 Å². The third-order valence-corrected chi connectivity index (χ3v) is 2.28. The van der Waals surface area contributed by atoms with Gasteiger partial charge in [-0.2, -0.15) is 0 Å². The number of rotatable bonds is 5. The lowest BCUT2D eigenvalue weighted by Crippen LogP contribution is -1.97. The minimum absolute atomic E-state index is 0.587. The van der Waals surface area contributed by atoms with E-state index >= 15 is 0 Å². The summed E-state index contributed by atoms with van der Waals surface area (Å²) < 4.78 is 15.9. The summed E-state index contributed by atoms with van der Waals surface area (Å²) in [4.78, 5) is 0. The Kier molecular flexibility index (Phi) is 8.24. The van der Waals surface area contributed by atoms with Crippen LogP contribution in [-0.4, -0.2) is 20.8 Å². The summed E-state index contributed by atoms with van der Waals surface area (Å²) in [5, 5.41) is 0. The first kappa shape index (κ1) is 15.8. The first-order chi connectivity index (χ1) is 8.22. The highest BCUT2D eigenvalue weighted by Gasteiger charge is 2.07. The molecule has 0 aliphatic rings. The van der Waals surface area contributed by atoms with Crippen LogP contribution in [0.3, 0.4) is 0 Å². The van der Waals surface area contributed by atoms with Crippen LogP contribution in [0.5, 0.6) is 11.5 Å². The fourth-order valence-electron chi connectivity index (χ4n) is 1.44. The minimum Gasteiger partial charge on any atom is -0.496 e. The van der Waals surface area contributed by atoms with Crippen molar-refractivity contribution in [2.75, 3.05) is 20.8 Å². The van der Waals surface area contributed by atoms with Crippen molar-refractivity contribution in [2.24, 2.45) is 0 Å². The zero-order valence-corrected chi connectivity index (χ0v) is 11.8. The average Bonchev–Trinajstić information content (AvgIpc) is 2.39. The van der Waals surface area contributed by atoms with Gasteiger partial charge in [0.05, 0.1) is 20.8 Å². The van der Waals surface area contributed by atoms with Crippen LogP contribution in [0.1, 0.15) is 31.9 Å². The normalized spacial score (nSPS) is 9.29. The van der Waals surface area contributed by atoms with Gasteiger partial charge in [0, 0.05) is 12.2 Å². The molecule has 0 unspecified atom stereocenters. The van der Waals surface area contributed by atoms with Gasteiger partial charge in [-0.3, -0.25) is 0 Å². The SMILES string of the molecule is CC.CCOCc1cc(OC)c(C)c(OC)c1. The molecule has 1 rings (SSSR count). The smallest absolute Gasteiger partial charge is 0.125 e. The molecule has 0 heterocycles. The Bertz CT molecular complexity index is 296. The van der Waals surface area contributed by atoms with Gasteiger partial charge in [-0.15, -0.1) is 0 Å². The molecule has 0 atom stereocenters. The number of hydrogen-bond donors (Lipinski definition) is 0. The molecular weight excluding hydrogens is 216 g/mol. The highest BCUT2D eigenvalue weighted by Crippen LogP contribution is 2.29. The van der Waals surface area contributed by atoms with Crippen LogP contribution < -0.4 is 9.47 Å². The zero-order valence-electron chi connectivity index (χ0n) is 11.8. The molecule has 0 saturated heterocycles. The second-order valence-electron chi connectivity index (χ2n) is 3.26. The lowest BCUT2D eigenvalue weighted by molar-refractivity contribution is 0.133. The summed E-state index contributed by atoms with van der Waals surface area (Å²) in [7, 11) is 3.32. The Balaban J connectivity index is 0.00000121. The van der Waals surface area contributed by atoms with E-state index in [1.54, 1.807) is 14.2 Å². The van der Waals surface area contributed by atoms with Gasteiger partial charge in [-0.25, -0.2) is 0 Å². The molecule has 0 aromatic heterocycles. The monoisotopic (exact) mass is 240 g/mol. The molecule has 0 spiro atoms. The van der Waals surface area contributed by atoms with E-state index in [0.717, 1.165) is 22.6 Å². The molecule has 0 aliphatic carbocycles. The molecule has 1 aromatic carbocycles. The molecule has 1 aromatic rings. The van der Waals surface area contributed by atoms with Crippen molar-refractivity contribution in [2.45, 2.75) is 34.3 Å². The van der Waals surface area contributed by atoms with E-state index in [-0.39, 0.29) is 0 Å². The maximum Gasteiger partial charge on any atom is 0.125 e. The molecule has 0 bridgehead atoms. The first-order valence-electron chi connectivity index (χ1n) is 6.02. The molecule has 0 saturated carbocycles. The largest absolute Gasteiger partial charge is 0.496 e. The summed E-state index contributed by atoms with van der Waals surface area (Å²) in [5.41, 5.74) is 2.08. The van der Waals surface area contributed by atoms with Crippen LogP contribution >= 0.6 is 0 Å². The van der Waals surface area contributed by atoms with Crippen LogP contribution in [0.25, 0.3) is 0 Å². The van der Waals surface area contributed by atoms with Gasteiger partial charge in [-0.1, -0.05) is 13.8 Å². The predicted octanol–water partition coefficient (Wildman–Crippen LogP) is 3.57. The van der Waals surface area contributed by atoms with E-state index in [9.17, 15) is 0 Å². The van der Waals surface area contributed by atoms with Gasteiger partial charge in [-0.05, 0) is 31.5 Å². The third-order valence-electron chi connectivity index (χ3n) is 2.28. The first-order valence-corrected chi connectivity index (χ1v) is 6.02. The maximum atomic E-state index is 5.35. The van der Waals surface area contributed by atoms with Crippen molar-refractivity contribution in [1.29, 1.82) is 0 Å². The van der Waals surface area contributed by atoms with Crippen LogP contribution in [-0.2, 0) is 11.3 Å². The van der Waals surface area contributed by atoms with Crippen molar-refractivity contribution in [3.63, 3.8) is 0 Å². The molecule has 0 N–H and O–H groups in total. The van der Waals surface area contributed by atoms with Gasteiger partial charge < -0.3 is 14.2 Å². The molecule has 0 radical (unpaired) electrons. The molecule has 0 aliphatic heterocycles. The number of benzene rings is 1. The van der Waals surface area contributed by atoms with Crippen LogP contribution in [0, 0.1) is 6.92 Å².